The summed E-state index contributed by atoms with van der Waals surface area (Å²) in [7, 11) is 0. The summed E-state index contributed by atoms with van der Waals surface area (Å²) in [5.74, 6) is -0.586. The van der Waals surface area contributed by atoms with E-state index in [4.69, 9.17) is 12.2 Å². The number of hydrogen-bond acceptors (Lipinski definition) is 2. The Kier molecular flexibility index (Phi) is 4.45. The molecule has 0 radical (unpaired) electrons. The van der Waals surface area contributed by atoms with E-state index in [2.05, 4.69) is 4.98 Å². The van der Waals surface area contributed by atoms with E-state index >= 15 is 0 Å². The van der Waals surface area contributed by atoms with Gasteiger partial charge in [0.15, 0.2) is 4.77 Å². The smallest absolute Gasteiger partial charge is 0.331 e. The third kappa shape index (κ3) is 3.63. The van der Waals surface area contributed by atoms with Gasteiger partial charge in [-0.1, -0.05) is 0 Å². The normalized spacial score (nSPS) is 12.3. The third-order valence-electron chi connectivity index (χ3n) is 2.40. The zero-order valence-corrected chi connectivity index (χ0v) is 13.0. The summed E-state index contributed by atoms with van der Waals surface area (Å²) < 4.78 is 51.9. The molecule has 0 saturated carbocycles. The van der Waals surface area contributed by atoms with E-state index in [0.29, 0.717) is 19.4 Å². The zero-order chi connectivity index (χ0) is 14.2. The molecular weight excluding hydrogens is 415 g/mol. The van der Waals surface area contributed by atoms with E-state index in [9.17, 15) is 17.6 Å². The fraction of sp³-hybridized carbons (Fsp3) is 0.300. The Hall–Kier alpha value is -0.290. The largest absolute Gasteiger partial charge is 0.441 e. The molecule has 0 unspecified atom stereocenters. The molecule has 19 heavy (non-hydrogen) atoms. The van der Waals surface area contributed by atoms with Gasteiger partial charge in [0, 0.05) is 18.4 Å². The van der Waals surface area contributed by atoms with E-state index in [1.54, 1.807) is 6.07 Å². The van der Waals surface area contributed by atoms with Gasteiger partial charge in [-0.15, -0.1) is 0 Å². The minimum absolute atomic E-state index is 0.0725. The quantitative estimate of drug-likeness (QED) is 0.440. The maximum Gasteiger partial charge on any atom is 0.441 e. The van der Waals surface area contributed by atoms with Crippen LogP contribution in [0, 0.1) is 14.2 Å². The molecule has 1 heterocycles. The topological polar surface area (TPSA) is 20.7 Å². The van der Waals surface area contributed by atoms with Crippen LogP contribution in [0.5, 0.6) is 0 Å². The van der Waals surface area contributed by atoms with E-state index in [1.165, 1.54) is 10.6 Å². The number of hydrogen-bond donors (Lipinski definition) is 1. The lowest BCUT2D eigenvalue weighted by atomic mass is 10.3. The number of thioether (sulfide) groups is 1. The number of rotatable bonds is 3. The first-order chi connectivity index (χ1) is 8.78. The van der Waals surface area contributed by atoms with Gasteiger partial charge in [0.05, 0.1) is 14.6 Å². The fourth-order valence-corrected chi connectivity index (χ4v) is 2.90. The van der Waals surface area contributed by atoms with Crippen molar-refractivity contribution >= 4 is 57.6 Å². The van der Waals surface area contributed by atoms with Crippen LogP contribution in [0.3, 0.4) is 0 Å². The second-order valence-electron chi connectivity index (χ2n) is 3.66. The molecule has 0 aliphatic heterocycles. The Bertz CT molecular complexity index is 662. The van der Waals surface area contributed by atoms with Gasteiger partial charge in [0.2, 0.25) is 0 Å². The lowest BCUT2D eigenvalue weighted by Gasteiger charge is -2.07. The molecule has 0 saturated heterocycles. The van der Waals surface area contributed by atoms with E-state index in [-0.39, 0.29) is 24.1 Å². The number of nitrogens with zero attached hydrogens (tertiary/aromatic N) is 1. The van der Waals surface area contributed by atoms with Crippen LogP contribution in [-0.2, 0) is 6.54 Å². The van der Waals surface area contributed by atoms with Crippen molar-refractivity contribution in [3.63, 3.8) is 0 Å². The molecule has 2 nitrogen and oxygen atoms in total. The Morgan fingerprint density at radius 1 is 1.37 bits per heavy atom. The first-order valence-corrected chi connectivity index (χ1v) is 7.53. The molecule has 0 bridgehead atoms. The third-order valence-corrected chi connectivity index (χ3v) is 4.26. The van der Waals surface area contributed by atoms with Gasteiger partial charge in [-0.25, -0.2) is 4.39 Å². The molecule has 9 heteroatoms. The summed E-state index contributed by atoms with van der Waals surface area (Å²) in [5.41, 5.74) is -3.17. The number of aromatic amines is 1. The first-order valence-electron chi connectivity index (χ1n) is 5.06. The Morgan fingerprint density at radius 3 is 2.68 bits per heavy atom. The molecule has 2 rings (SSSR count). The predicted octanol–water partition coefficient (Wildman–Crippen LogP) is 4.70. The zero-order valence-electron chi connectivity index (χ0n) is 9.22. The standard InChI is InChI=1S/C10H7F4IN2S2/c11-5-3-8-7(4-6(5)15)16-9(18)17(8)1-2-19-10(12,13)14/h3-4H,1-2H2,(H,16,18). The second kappa shape index (κ2) is 5.60. The Labute approximate surface area is 128 Å². The van der Waals surface area contributed by atoms with Crippen molar-refractivity contribution < 1.29 is 17.6 Å². The minimum Gasteiger partial charge on any atom is -0.331 e. The number of aryl methyl sites for hydroxylation is 1. The number of fused-ring (bicyclic) bond motifs is 1. The van der Waals surface area contributed by atoms with Gasteiger partial charge < -0.3 is 9.55 Å². The van der Waals surface area contributed by atoms with Crippen LogP contribution in [0.15, 0.2) is 12.1 Å². The van der Waals surface area contributed by atoms with Gasteiger partial charge in [-0.3, -0.25) is 0 Å². The molecule has 0 aliphatic carbocycles. The highest BCUT2D eigenvalue weighted by atomic mass is 127. The summed E-state index contributed by atoms with van der Waals surface area (Å²) in [6.45, 7) is 0.0725. The van der Waals surface area contributed by atoms with E-state index in [0.717, 1.165) is 0 Å². The van der Waals surface area contributed by atoms with Crippen LogP contribution >= 0.6 is 46.6 Å². The molecule has 2 aromatic rings. The highest BCUT2D eigenvalue weighted by Crippen LogP contribution is 2.30. The van der Waals surface area contributed by atoms with E-state index in [1.807, 2.05) is 22.6 Å². The van der Waals surface area contributed by atoms with E-state index < -0.39 is 11.3 Å². The summed E-state index contributed by atoms with van der Waals surface area (Å²) in [5, 5.41) is 0. The molecule has 0 atom stereocenters. The van der Waals surface area contributed by atoms with Gasteiger partial charge >= 0.3 is 5.51 Å². The second-order valence-corrected chi connectivity index (χ2v) is 6.37. The van der Waals surface area contributed by atoms with Gasteiger partial charge in [0.1, 0.15) is 5.82 Å². The molecule has 1 N–H and O–H groups in total. The van der Waals surface area contributed by atoms with Crippen LogP contribution in [-0.4, -0.2) is 20.8 Å². The number of nitrogens with one attached hydrogen (secondary N) is 1. The molecule has 0 amide bonds. The summed E-state index contributed by atoms with van der Waals surface area (Å²) >= 11 is 6.76. The monoisotopic (exact) mass is 422 g/mol. The number of H-pyrrole nitrogens is 1. The molecule has 1 aromatic carbocycles. The van der Waals surface area contributed by atoms with Crippen LogP contribution in [0.4, 0.5) is 17.6 Å². The summed E-state index contributed by atoms with van der Waals surface area (Å²) in [6.07, 6.45) is 0. The lowest BCUT2D eigenvalue weighted by molar-refractivity contribution is -0.0328. The van der Waals surface area contributed by atoms with Crippen molar-refractivity contribution in [2.75, 3.05) is 5.75 Å². The van der Waals surface area contributed by atoms with Gasteiger partial charge in [-0.05, 0) is 52.6 Å². The highest BCUT2D eigenvalue weighted by molar-refractivity contribution is 14.1. The van der Waals surface area contributed by atoms with Crippen LogP contribution < -0.4 is 0 Å². The average Bonchev–Trinajstić information content (AvgIpc) is 2.55. The minimum atomic E-state index is -4.27. The Balaban J connectivity index is 2.30. The first kappa shape index (κ1) is 15.1. The molecule has 0 aliphatic rings. The maximum atomic E-state index is 13.5. The van der Waals surface area contributed by atoms with Crippen molar-refractivity contribution in [1.29, 1.82) is 0 Å². The van der Waals surface area contributed by atoms with Gasteiger partial charge in [-0.2, -0.15) is 13.2 Å². The number of benzene rings is 1. The molecule has 104 valence electrons. The molecule has 0 fully saturated rings. The number of aromatic nitrogens is 2. The van der Waals surface area contributed by atoms with Crippen molar-refractivity contribution in [2.45, 2.75) is 12.1 Å². The number of imidazole rings is 1. The van der Waals surface area contributed by atoms with Crippen molar-refractivity contribution in [3.8, 4) is 0 Å². The summed E-state index contributed by atoms with van der Waals surface area (Å²) in [4.78, 5) is 2.86. The highest BCUT2D eigenvalue weighted by Gasteiger charge is 2.27. The lowest BCUT2D eigenvalue weighted by Crippen LogP contribution is -2.07. The molecular formula is C10H7F4IN2S2. The number of halogens is 5. The van der Waals surface area contributed by atoms with Crippen LogP contribution in [0.2, 0.25) is 0 Å². The van der Waals surface area contributed by atoms with Gasteiger partial charge in [0.25, 0.3) is 0 Å². The fourth-order valence-electron chi connectivity index (χ4n) is 1.63. The predicted molar refractivity (Wildman–Crippen MR) is 78.3 cm³/mol. The summed E-state index contributed by atoms with van der Waals surface area (Å²) in [6, 6.07) is 2.86. The average molecular weight is 422 g/mol. The molecule has 0 spiro atoms. The van der Waals surface area contributed by atoms with Crippen molar-refractivity contribution in [3.05, 3.63) is 26.3 Å². The van der Waals surface area contributed by atoms with Crippen LogP contribution in [0.1, 0.15) is 0 Å². The maximum absolute atomic E-state index is 13.5. The number of alkyl halides is 3. The van der Waals surface area contributed by atoms with Crippen LogP contribution in [0.25, 0.3) is 11.0 Å². The van der Waals surface area contributed by atoms with Crippen molar-refractivity contribution in [1.82, 2.24) is 9.55 Å². The SMILES string of the molecule is Fc1cc2c(cc1I)[nH]c(=S)n2CCSC(F)(F)F. The Morgan fingerprint density at radius 2 is 2.05 bits per heavy atom. The van der Waals surface area contributed by atoms with Crippen molar-refractivity contribution in [2.24, 2.45) is 0 Å². The molecule has 1 aromatic heterocycles.